The van der Waals surface area contributed by atoms with E-state index >= 15 is 0 Å². The van der Waals surface area contributed by atoms with Crippen molar-refractivity contribution in [3.8, 4) is 22.4 Å². The number of halogens is 1. The summed E-state index contributed by atoms with van der Waals surface area (Å²) in [7, 11) is 1.24. The summed E-state index contributed by atoms with van der Waals surface area (Å²) < 4.78 is 19.5. The van der Waals surface area contributed by atoms with Gasteiger partial charge in [-0.15, -0.1) is 0 Å². The Bertz CT molecular complexity index is 1270. The van der Waals surface area contributed by atoms with Crippen molar-refractivity contribution in [2.75, 3.05) is 7.11 Å². The number of carbonyl (C=O) groups excluding carboxylic acids is 1. The highest BCUT2D eigenvalue weighted by Gasteiger charge is 2.25. The first-order valence-corrected chi connectivity index (χ1v) is 9.67. The molecule has 0 fully saturated rings. The largest absolute Gasteiger partial charge is 0.465 e. The fourth-order valence-electron chi connectivity index (χ4n) is 3.42. The van der Waals surface area contributed by atoms with E-state index in [1.165, 1.54) is 23.9 Å². The van der Waals surface area contributed by atoms with Crippen molar-refractivity contribution in [3.63, 3.8) is 0 Å². The topological polar surface area (TPSA) is 61.2 Å². The molecule has 0 radical (unpaired) electrons. The van der Waals surface area contributed by atoms with Gasteiger partial charge >= 0.3 is 5.97 Å². The Morgan fingerprint density at radius 2 is 1.48 bits per heavy atom. The molecule has 0 amide bonds. The molecule has 4 rings (SSSR count). The number of carbonyl (C=O) groups is 1. The molecule has 4 aromatic rings. The number of rotatable bonds is 5. The Morgan fingerprint density at radius 1 is 0.903 bits per heavy atom. The molecular formula is C25H19FN2O3. The molecule has 0 aliphatic rings. The van der Waals surface area contributed by atoms with Crippen molar-refractivity contribution in [1.82, 2.24) is 9.78 Å². The quantitative estimate of drug-likeness (QED) is 0.450. The smallest absolute Gasteiger partial charge is 0.344 e. The molecule has 0 aliphatic carbocycles. The number of hydrogen-bond donors (Lipinski definition) is 0. The minimum atomic E-state index is -0.740. The Labute approximate surface area is 178 Å². The van der Waals surface area contributed by atoms with Crippen LogP contribution < -0.4 is 5.56 Å². The SMILES string of the molecule is COC(=O)c1c(-c2ccccc2)c(-c2ccccc2)nn(Cc2ccc(F)cc2)c1=O. The van der Waals surface area contributed by atoms with Gasteiger partial charge in [-0.3, -0.25) is 4.79 Å². The number of nitrogens with zero attached hydrogens (tertiary/aromatic N) is 2. The summed E-state index contributed by atoms with van der Waals surface area (Å²) in [5.74, 6) is -1.11. The lowest BCUT2D eigenvalue weighted by molar-refractivity contribution is 0.0598. The average molecular weight is 414 g/mol. The van der Waals surface area contributed by atoms with Crippen LogP contribution in [0.2, 0.25) is 0 Å². The molecule has 0 spiro atoms. The van der Waals surface area contributed by atoms with Crippen LogP contribution in [0.15, 0.2) is 89.7 Å². The lowest BCUT2D eigenvalue weighted by Crippen LogP contribution is -2.31. The van der Waals surface area contributed by atoms with E-state index in [1.807, 2.05) is 60.7 Å². The van der Waals surface area contributed by atoms with Gasteiger partial charge in [0.15, 0.2) is 0 Å². The van der Waals surface area contributed by atoms with Crippen LogP contribution in [0.3, 0.4) is 0 Å². The highest BCUT2D eigenvalue weighted by atomic mass is 19.1. The summed E-state index contributed by atoms with van der Waals surface area (Å²) in [6.07, 6.45) is 0. The lowest BCUT2D eigenvalue weighted by Gasteiger charge is -2.16. The number of esters is 1. The first-order chi connectivity index (χ1) is 15.1. The predicted molar refractivity (Wildman–Crippen MR) is 116 cm³/mol. The highest BCUT2D eigenvalue weighted by molar-refractivity contribution is 6.00. The second kappa shape index (κ2) is 8.75. The van der Waals surface area contributed by atoms with Crippen LogP contribution in [-0.2, 0) is 11.3 Å². The molecule has 0 saturated heterocycles. The fraction of sp³-hybridized carbons (Fsp3) is 0.0800. The lowest BCUT2D eigenvalue weighted by atomic mass is 9.95. The number of methoxy groups -OCH3 is 1. The van der Waals surface area contributed by atoms with E-state index < -0.39 is 11.5 Å². The maximum Gasteiger partial charge on any atom is 0.344 e. The Hall–Kier alpha value is -4.06. The number of ether oxygens (including phenoxy) is 1. The van der Waals surface area contributed by atoms with Gasteiger partial charge in [0.25, 0.3) is 5.56 Å². The van der Waals surface area contributed by atoms with E-state index in [4.69, 9.17) is 4.74 Å². The third-order valence-electron chi connectivity index (χ3n) is 4.90. The van der Waals surface area contributed by atoms with Gasteiger partial charge in [0.1, 0.15) is 11.4 Å². The van der Waals surface area contributed by atoms with E-state index in [9.17, 15) is 14.0 Å². The van der Waals surface area contributed by atoms with Gasteiger partial charge in [-0.2, -0.15) is 5.10 Å². The number of hydrogen-bond acceptors (Lipinski definition) is 4. The van der Waals surface area contributed by atoms with Crippen LogP contribution >= 0.6 is 0 Å². The van der Waals surface area contributed by atoms with Crippen molar-refractivity contribution >= 4 is 5.97 Å². The van der Waals surface area contributed by atoms with Crippen LogP contribution in [0.4, 0.5) is 4.39 Å². The van der Waals surface area contributed by atoms with Gasteiger partial charge in [-0.1, -0.05) is 72.8 Å². The summed E-state index contributed by atoms with van der Waals surface area (Å²) in [5.41, 5.74) is 2.34. The normalized spacial score (nSPS) is 10.6. The Morgan fingerprint density at radius 3 is 2.06 bits per heavy atom. The van der Waals surface area contributed by atoms with Crippen LogP contribution in [0, 0.1) is 5.82 Å². The average Bonchev–Trinajstić information content (AvgIpc) is 2.82. The molecule has 0 aliphatic heterocycles. The van der Waals surface area contributed by atoms with Crippen molar-refractivity contribution < 1.29 is 13.9 Å². The summed E-state index contributed by atoms with van der Waals surface area (Å²) in [6.45, 7) is 0.0814. The third-order valence-corrected chi connectivity index (χ3v) is 4.90. The molecule has 6 heteroatoms. The first-order valence-electron chi connectivity index (χ1n) is 9.67. The van der Waals surface area contributed by atoms with Gasteiger partial charge in [0, 0.05) is 11.1 Å². The number of benzene rings is 3. The predicted octanol–water partition coefficient (Wildman–Crippen LogP) is 4.55. The van der Waals surface area contributed by atoms with Gasteiger partial charge in [-0.05, 0) is 23.3 Å². The molecule has 1 aromatic heterocycles. The molecular weight excluding hydrogens is 395 g/mol. The maximum absolute atomic E-state index is 13.3. The van der Waals surface area contributed by atoms with Crippen LogP contribution in [0.5, 0.6) is 0 Å². The summed E-state index contributed by atoms with van der Waals surface area (Å²) in [4.78, 5) is 26.1. The minimum absolute atomic E-state index is 0.0814. The minimum Gasteiger partial charge on any atom is -0.465 e. The summed E-state index contributed by atoms with van der Waals surface area (Å²) in [5, 5.41) is 4.62. The van der Waals surface area contributed by atoms with Crippen LogP contribution in [0.1, 0.15) is 15.9 Å². The molecule has 31 heavy (non-hydrogen) atoms. The van der Waals surface area contributed by atoms with Gasteiger partial charge < -0.3 is 4.74 Å². The summed E-state index contributed by atoms with van der Waals surface area (Å²) >= 11 is 0. The molecule has 1 heterocycles. The molecule has 0 unspecified atom stereocenters. The molecule has 0 N–H and O–H groups in total. The second-order valence-corrected chi connectivity index (χ2v) is 6.91. The molecule has 0 saturated carbocycles. The van der Waals surface area contributed by atoms with Crippen molar-refractivity contribution in [2.45, 2.75) is 6.54 Å². The van der Waals surface area contributed by atoms with Crippen molar-refractivity contribution in [1.29, 1.82) is 0 Å². The van der Waals surface area contributed by atoms with E-state index in [2.05, 4.69) is 5.10 Å². The van der Waals surface area contributed by atoms with E-state index in [-0.39, 0.29) is 17.9 Å². The maximum atomic E-state index is 13.3. The third kappa shape index (κ3) is 4.14. The first kappa shape index (κ1) is 20.2. The van der Waals surface area contributed by atoms with E-state index in [1.54, 1.807) is 12.1 Å². The van der Waals surface area contributed by atoms with Gasteiger partial charge in [0.2, 0.25) is 0 Å². The van der Waals surface area contributed by atoms with Gasteiger partial charge in [0.05, 0.1) is 19.3 Å². The van der Waals surface area contributed by atoms with Crippen LogP contribution in [-0.4, -0.2) is 22.9 Å². The Kier molecular flexibility index (Phi) is 5.71. The van der Waals surface area contributed by atoms with Crippen molar-refractivity contribution in [3.05, 3.63) is 112 Å². The second-order valence-electron chi connectivity index (χ2n) is 6.91. The zero-order valence-corrected chi connectivity index (χ0v) is 16.8. The monoisotopic (exact) mass is 414 g/mol. The number of aromatic nitrogens is 2. The Balaban J connectivity index is 2.01. The summed E-state index contributed by atoms with van der Waals surface area (Å²) in [6, 6.07) is 24.3. The molecule has 0 atom stereocenters. The molecule has 3 aromatic carbocycles. The zero-order chi connectivity index (χ0) is 21.8. The molecule has 5 nitrogen and oxygen atoms in total. The van der Waals surface area contributed by atoms with Crippen molar-refractivity contribution in [2.24, 2.45) is 0 Å². The van der Waals surface area contributed by atoms with Gasteiger partial charge in [-0.25, -0.2) is 13.9 Å². The van der Waals surface area contributed by atoms with E-state index in [0.717, 1.165) is 5.56 Å². The molecule has 0 bridgehead atoms. The van der Waals surface area contributed by atoms with Crippen LogP contribution in [0.25, 0.3) is 22.4 Å². The highest BCUT2D eigenvalue weighted by Crippen LogP contribution is 2.32. The fourth-order valence-corrected chi connectivity index (χ4v) is 3.42. The standard InChI is InChI=1S/C25H19FN2O3/c1-31-25(30)22-21(18-8-4-2-5-9-18)23(19-10-6-3-7-11-19)27-28(24(22)29)16-17-12-14-20(26)15-13-17/h2-15H,16H2,1H3. The molecule has 154 valence electrons. The van der Waals surface area contributed by atoms with E-state index in [0.29, 0.717) is 22.4 Å². The zero-order valence-electron chi connectivity index (χ0n) is 16.8.